The number of aliphatic imine (C=N–C) groups is 1. The van der Waals surface area contributed by atoms with Gasteiger partial charge in [0.1, 0.15) is 5.82 Å². The van der Waals surface area contributed by atoms with Gasteiger partial charge in [0.15, 0.2) is 5.96 Å². The Morgan fingerprint density at radius 1 is 1.34 bits per heavy atom. The van der Waals surface area contributed by atoms with E-state index in [4.69, 9.17) is 4.74 Å². The lowest BCUT2D eigenvalue weighted by Gasteiger charge is -2.34. The van der Waals surface area contributed by atoms with E-state index in [-0.39, 0.29) is 18.5 Å². The molecular weight excluding hydrogens is 385 g/mol. The van der Waals surface area contributed by atoms with Crippen molar-refractivity contribution in [2.24, 2.45) is 10.9 Å². The fraction of sp³-hybridized carbons (Fsp3) is 0.684. The van der Waals surface area contributed by atoms with Crippen molar-refractivity contribution in [1.29, 1.82) is 0 Å². The average Bonchev–Trinajstić information content (AvgIpc) is 2.67. The van der Waals surface area contributed by atoms with E-state index >= 15 is 0 Å². The molecule has 0 radical (unpaired) electrons. The third-order valence-corrected chi connectivity index (χ3v) is 4.39. The van der Waals surface area contributed by atoms with Crippen LogP contribution >= 0.6 is 0 Å². The lowest BCUT2D eigenvalue weighted by atomic mass is 10.2. The quantitative estimate of drug-likeness (QED) is 0.342. The molecule has 2 rings (SSSR count). The number of alkyl halides is 3. The summed E-state index contributed by atoms with van der Waals surface area (Å²) < 4.78 is 44.7. The van der Waals surface area contributed by atoms with Crippen LogP contribution in [0.3, 0.4) is 0 Å². The zero-order chi connectivity index (χ0) is 21.3. The summed E-state index contributed by atoms with van der Waals surface area (Å²) in [6, 6.07) is 2.28. The molecule has 0 saturated carbocycles. The maximum absolute atomic E-state index is 13.0. The van der Waals surface area contributed by atoms with E-state index < -0.39 is 11.7 Å². The number of morpholine rings is 1. The lowest BCUT2D eigenvalue weighted by molar-refractivity contribution is -0.137. The molecule has 0 spiro atoms. The summed E-state index contributed by atoms with van der Waals surface area (Å²) >= 11 is 0. The Morgan fingerprint density at radius 2 is 2.14 bits per heavy atom. The number of nitrogens with one attached hydrogen (secondary N) is 3. The van der Waals surface area contributed by atoms with Crippen LogP contribution in [0.15, 0.2) is 23.3 Å². The van der Waals surface area contributed by atoms with Crippen molar-refractivity contribution in [2.45, 2.75) is 26.1 Å². The Morgan fingerprint density at radius 3 is 2.83 bits per heavy atom. The van der Waals surface area contributed by atoms with Crippen LogP contribution in [0.1, 0.15) is 19.4 Å². The molecule has 1 aromatic heterocycles. The van der Waals surface area contributed by atoms with Crippen molar-refractivity contribution < 1.29 is 17.9 Å². The highest BCUT2D eigenvalue weighted by atomic mass is 19.4. The van der Waals surface area contributed by atoms with Gasteiger partial charge >= 0.3 is 6.18 Å². The number of ether oxygens (including phenoxy) is 1. The van der Waals surface area contributed by atoms with E-state index in [0.29, 0.717) is 31.6 Å². The van der Waals surface area contributed by atoms with Gasteiger partial charge in [0, 0.05) is 52.5 Å². The highest BCUT2D eigenvalue weighted by Gasteiger charge is 2.33. The number of guanidine groups is 1. The van der Waals surface area contributed by atoms with E-state index in [0.717, 1.165) is 25.7 Å². The van der Waals surface area contributed by atoms with Gasteiger partial charge in [-0.05, 0) is 18.1 Å². The molecule has 7 nitrogen and oxygen atoms in total. The molecule has 10 heteroatoms. The van der Waals surface area contributed by atoms with Gasteiger partial charge in [0.05, 0.1) is 18.3 Å². The minimum absolute atomic E-state index is 0.0713. The summed E-state index contributed by atoms with van der Waals surface area (Å²) in [4.78, 5) is 10.3. The normalized spacial score (nSPS) is 18.7. The first kappa shape index (κ1) is 23.2. The van der Waals surface area contributed by atoms with Crippen molar-refractivity contribution in [3.8, 4) is 0 Å². The van der Waals surface area contributed by atoms with Crippen LogP contribution in [0.25, 0.3) is 0 Å². The second kappa shape index (κ2) is 11.2. The van der Waals surface area contributed by atoms with Crippen molar-refractivity contribution >= 4 is 11.8 Å². The summed E-state index contributed by atoms with van der Waals surface area (Å²) in [5.41, 5.74) is -0.775. The third kappa shape index (κ3) is 8.06. The van der Waals surface area contributed by atoms with Gasteiger partial charge in [-0.25, -0.2) is 4.98 Å². The second-order valence-electron chi connectivity index (χ2n) is 7.35. The minimum atomic E-state index is -4.44. The molecule has 29 heavy (non-hydrogen) atoms. The number of pyridine rings is 1. The van der Waals surface area contributed by atoms with Gasteiger partial charge in [0.2, 0.25) is 0 Å². The van der Waals surface area contributed by atoms with Gasteiger partial charge in [-0.1, -0.05) is 13.8 Å². The zero-order valence-corrected chi connectivity index (χ0v) is 17.2. The molecule has 0 aromatic carbocycles. The number of nitrogens with zero attached hydrogens (tertiary/aromatic N) is 3. The highest BCUT2D eigenvalue weighted by molar-refractivity contribution is 5.79. The summed E-state index contributed by atoms with van der Waals surface area (Å²) in [6.45, 7) is 9.23. The number of aromatic nitrogens is 1. The molecule has 0 bridgehead atoms. The van der Waals surface area contributed by atoms with E-state index in [9.17, 15) is 13.2 Å². The number of rotatable bonds is 8. The Hall–Kier alpha value is -2.07. The molecule has 1 saturated heterocycles. The fourth-order valence-corrected chi connectivity index (χ4v) is 3.15. The molecule has 2 heterocycles. The molecule has 0 aliphatic carbocycles. The van der Waals surface area contributed by atoms with Crippen LogP contribution in [0.2, 0.25) is 0 Å². The molecule has 1 aliphatic rings. The SMILES string of the molecule is CN=C(NCCNc1ncccc1C(F)(F)F)NCC1CN(CC(C)C)CCO1. The monoisotopic (exact) mass is 416 g/mol. The van der Waals surface area contributed by atoms with Gasteiger partial charge in [-0.2, -0.15) is 13.2 Å². The van der Waals surface area contributed by atoms with Crippen molar-refractivity contribution in [3.05, 3.63) is 23.9 Å². The highest BCUT2D eigenvalue weighted by Crippen LogP contribution is 2.33. The van der Waals surface area contributed by atoms with Crippen LogP contribution < -0.4 is 16.0 Å². The van der Waals surface area contributed by atoms with Crippen molar-refractivity contribution in [2.75, 3.05) is 58.2 Å². The first-order chi connectivity index (χ1) is 13.8. The Bertz CT molecular complexity index is 653. The molecule has 1 aromatic rings. The van der Waals surface area contributed by atoms with Gasteiger partial charge in [-0.15, -0.1) is 0 Å². The summed E-state index contributed by atoms with van der Waals surface area (Å²) in [5.74, 6) is 1.01. The first-order valence-electron chi connectivity index (χ1n) is 9.84. The van der Waals surface area contributed by atoms with E-state index in [1.807, 2.05) is 0 Å². The van der Waals surface area contributed by atoms with E-state index in [1.165, 1.54) is 12.3 Å². The standard InChI is InChI=1S/C19H31F3N6O/c1-14(2)12-28-9-10-29-15(13-28)11-27-18(23-3)26-8-7-25-17-16(19(20,21)22)5-4-6-24-17/h4-6,14-15H,7-13H2,1-3H3,(H,24,25)(H2,23,26,27). The number of hydrogen-bond donors (Lipinski definition) is 3. The predicted octanol–water partition coefficient (Wildman–Crippen LogP) is 2.03. The van der Waals surface area contributed by atoms with Gasteiger partial charge < -0.3 is 20.7 Å². The van der Waals surface area contributed by atoms with E-state index in [1.54, 1.807) is 7.05 Å². The second-order valence-corrected chi connectivity index (χ2v) is 7.35. The Labute approximate surface area is 170 Å². The smallest absolute Gasteiger partial charge is 0.374 e. The van der Waals surface area contributed by atoms with Crippen LogP contribution in [0, 0.1) is 5.92 Å². The first-order valence-corrected chi connectivity index (χ1v) is 9.84. The molecular formula is C19H31F3N6O. The summed E-state index contributed by atoms with van der Waals surface area (Å²) in [6.07, 6.45) is -3.04. The van der Waals surface area contributed by atoms with Crippen molar-refractivity contribution in [1.82, 2.24) is 20.5 Å². The third-order valence-electron chi connectivity index (χ3n) is 4.39. The summed E-state index contributed by atoms with van der Waals surface area (Å²) in [5, 5.41) is 9.01. The fourth-order valence-electron chi connectivity index (χ4n) is 3.15. The zero-order valence-electron chi connectivity index (χ0n) is 17.2. The molecule has 1 fully saturated rings. The Kier molecular flexibility index (Phi) is 8.97. The maximum atomic E-state index is 13.0. The van der Waals surface area contributed by atoms with Crippen LogP contribution in [0.5, 0.6) is 0 Å². The van der Waals surface area contributed by atoms with Crippen LogP contribution in [0.4, 0.5) is 19.0 Å². The maximum Gasteiger partial charge on any atom is 0.419 e. The molecule has 1 unspecified atom stereocenters. The van der Waals surface area contributed by atoms with Crippen LogP contribution in [-0.4, -0.2) is 74.9 Å². The van der Waals surface area contributed by atoms with Crippen LogP contribution in [-0.2, 0) is 10.9 Å². The predicted molar refractivity (Wildman–Crippen MR) is 108 cm³/mol. The van der Waals surface area contributed by atoms with Crippen molar-refractivity contribution in [3.63, 3.8) is 0 Å². The number of anilines is 1. The van der Waals surface area contributed by atoms with Gasteiger partial charge in [-0.3, -0.25) is 9.89 Å². The largest absolute Gasteiger partial charge is 0.419 e. The van der Waals surface area contributed by atoms with Gasteiger partial charge in [0.25, 0.3) is 0 Å². The topological polar surface area (TPSA) is 73.8 Å². The molecule has 0 amide bonds. The number of hydrogen-bond acceptors (Lipinski definition) is 5. The Balaban J connectivity index is 1.72. The molecule has 1 aliphatic heterocycles. The molecule has 3 N–H and O–H groups in total. The molecule has 1 atom stereocenters. The molecule has 164 valence electrons. The van der Waals surface area contributed by atoms with E-state index in [2.05, 4.69) is 44.7 Å². The average molecular weight is 416 g/mol. The number of halogens is 3. The summed E-state index contributed by atoms with van der Waals surface area (Å²) in [7, 11) is 1.65. The lowest BCUT2D eigenvalue weighted by Crippen LogP contribution is -2.50. The minimum Gasteiger partial charge on any atom is -0.374 e.